The Hall–Kier alpha value is -1.49. The highest BCUT2D eigenvalue weighted by atomic mass is 19.4. The summed E-state index contributed by atoms with van der Waals surface area (Å²) in [5, 5.41) is 10.2. The van der Waals surface area contributed by atoms with Gasteiger partial charge in [0.1, 0.15) is 5.75 Å². The van der Waals surface area contributed by atoms with Crippen LogP contribution in [0.15, 0.2) is 35.9 Å². The van der Waals surface area contributed by atoms with Crippen molar-refractivity contribution in [2.24, 2.45) is 0 Å². The van der Waals surface area contributed by atoms with E-state index in [1.54, 1.807) is 6.07 Å². The number of para-hydroxylation sites is 1. The van der Waals surface area contributed by atoms with Gasteiger partial charge >= 0.3 is 6.36 Å². The first-order valence-electron chi connectivity index (χ1n) is 6.66. The second kappa shape index (κ2) is 6.31. The number of halogens is 3. The van der Waals surface area contributed by atoms with Crippen LogP contribution in [0.25, 0.3) is 0 Å². The van der Waals surface area contributed by atoms with Gasteiger partial charge in [-0.1, -0.05) is 29.8 Å². The quantitative estimate of drug-likeness (QED) is 0.825. The maximum atomic E-state index is 12.3. The van der Waals surface area contributed by atoms with Gasteiger partial charge in [-0.05, 0) is 38.2 Å². The lowest BCUT2D eigenvalue weighted by Gasteiger charge is -2.19. The molecule has 1 N–H and O–H groups in total. The third kappa shape index (κ3) is 4.27. The summed E-state index contributed by atoms with van der Waals surface area (Å²) in [6, 6.07) is 5.74. The zero-order valence-electron chi connectivity index (χ0n) is 11.0. The van der Waals surface area contributed by atoms with Crippen molar-refractivity contribution in [2.75, 3.05) is 0 Å². The Balaban J connectivity index is 2.12. The third-order valence-electron chi connectivity index (χ3n) is 3.34. The number of allylic oxidation sites excluding steroid dienone is 1. The summed E-state index contributed by atoms with van der Waals surface area (Å²) in [4.78, 5) is 0. The van der Waals surface area contributed by atoms with Crippen molar-refractivity contribution in [3.8, 4) is 5.75 Å². The maximum absolute atomic E-state index is 12.3. The van der Waals surface area contributed by atoms with E-state index in [-0.39, 0.29) is 11.3 Å². The molecule has 0 fully saturated rings. The van der Waals surface area contributed by atoms with E-state index < -0.39 is 12.5 Å². The number of hydrogen-bond acceptors (Lipinski definition) is 2. The van der Waals surface area contributed by atoms with Gasteiger partial charge in [0.15, 0.2) is 0 Å². The molecule has 1 aliphatic carbocycles. The van der Waals surface area contributed by atoms with Gasteiger partial charge in [-0.25, -0.2) is 0 Å². The maximum Gasteiger partial charge on any atom is 0.573 e. The van der Waals surface area contributed by atoms with Gasteiger partial charge in [-0.3, -0.25) is 0 Å². The fourth-order valence-electron chi connectivity index (χ4n) is 2.42. The minimum absolute atomic E-state index is 0.177. The van der Waals surface area contributed by atoms with Crippen molar-refractivity contribution in [1.29, 1.82) is 0 Å². The van der Waals surface area contributed by atoms with Crippen molar-refractivity contribution in [3.63, 3.8) is 0 Å². The summed E-state index contributed by atoms with van der Waals surface area (Å²) in [6.45, 7) is 0. The van der Waals surface area contributed by atoms with E-state index in [1.807, 2.05) is 0 Å². The van der Waals surface area contributed by atoms with E-state index in [4.69, 9.17) is 0 Å². The molecule has 0 spiro atoms. The van der Waals surface area contributed by atoms with Gasteiger partial charge in [0.25, 0.3) is 0 Å². The van der Waals surface area contributed by atoms with Gasteiger partial charge in [0.2, 0.25) is 0 Å². The molecule has 0 saturated heterocycles. The minimum atomic E-state index is -4.75. The van der Waals surface area contributed by atoms with E-state index in [2.05, 4.69) is 10.8 Å². The van der Waals surface area contributed by atoms with E-state index >= 15 is 0 Å². The summed E-state index contributed by atoms with van der Waals surface area (Å²) in [7, 11) is 0. The van der Waals surface area contributed by atoms with Crippen LogP contribution in [-0.4, -0.2) is 11.5 Å². The van der Waals surface area contributed by atoms with Gasteiger partial charge < -0.3 is 9.84 Å². The van der Waals surface area contributed by atoms with E-state index in [0.29, 0.717) is 6.42 Å². The molecule has 110 valence electrons. The predicted octanol–water partition coefficient (Wildman–Crippen LogP) is 4.51. The standard InChI is InChI=1S/C15H17F3O2/c16-15(17,18)20-14-9-5-4-8-12(14)13(19)10-11-6-2-1-3-7-11/h4-6,8-9,13,19H,1-3,7,10H2. The molecule has 20 heavy (non-hydrogen) atoms. The van der Waals surface area contributed by atoms with Crippen LogP contribution in [0.3, 0.4) is 0 Å². The first-order valence-corrected chi connectivity index (χ1v) is 6.66. The fraction of sp³-hybridized carbons (Fsp3) is 0.467. The normalized spacial score (nSPS) is 17.5. The second-order valence-electron chi connectivity index (χ2n) is 4.91. The summed E-state index contributed by atoms with van der Waals surface area (Å²) >= 11 is 0. The van der Waals surface area contributed by atoms with Crippen LogP contribution in [-0.2, 0) is 0 Å². The monoisotopic (exact) mass is 286 g/mol. The third-order valence-corrected chi connectivity index (χ3v) is 3.34. The van der Waals surface area contributed by atoms with Gasteiger partial charge in [-0.2, -0.15) is 0 Å². The molecule has 0 amide bonds. The van der Waals surface area contributed by atoms with Crippen molar-refractivity contribution >= 4 is 0 Å². The molecule has 0 bridgehead atoms. The minimum Gasteiger partial charge on any atom is -0.405 e. The Morgan fingerprint density at radius 3 is 2.60 bits per heavy atom. The van der Waals surface area contributed by atoms with Crippen LogP contribution < -0.4 is 4.74 Å². The number of rotatable bonds is 4. The first kappa shape index (κ1) is 14.9. The molecule has 1 unspecified atom stereocenters. The average Bonchev–Trinajstić information content (AvgIpc) is 2.38. The topological polar surface area (TPSA) is 29.5 Å². The van der Waals surface area contributed by atoms with Crippen LogP contribution in [0.1, 0.15) is 43.8 Å². The molecule has 2 rings (SSSR count). The van der Waals surface area contributed by atoms with Gasteiger partial charge in [-0.15, -0.1) is 13.2 Å². The molecule has 0 aliphatic heterocycles. The number of alkyl halides is 3. The fourth-order valence-corrected chi connectivity index (χ4v) is 2.42. The Morgan fingerprint density at radius 1 is 1.20 bits per heavy atom. The average molecular weight is 286 g/mol. The lowest BCUT2D eigenvalue weighted by atomic mass is 9.92. The lowest BCUT2D eigenvalue weighted by molar-refractivity contribution is -0.275. The molecule has 1 aromatic carbocycles. The largest absolute Gasteiger partial charge is 0.573 e. The molecule has 1 aliphatic rings. The first-order chi connectivity index (χ1) is 9.46. The Kier molecular flexibility index (Phi) is 4.70. The van der Waals surface area contributed by atoms with Gasteiger partial charge in [0, 0.05) is 5.56 Å². The SMILES string of the molecule is OC(CC1=CCCCC1)c1ccccc1OC(F)(F)F. The zero-order chi connectivity index (χ0) is 14.6. The molecular weight excluding hydrogens is 269 g/mol. The second-order valence-corrected chi connectivity index (χ2v) is 4.91. The van der Waals surface area contributed by atoms with E-state index in [9.17, 15) is 18.3 Å². The highest BCUT2D eigenvalue weighted by Crippen LogP contribution is 2.34. The molecular formula is C15H17F3O2. The Bertz CT molecular complexity index is 480. The summed E-state index contributed by atoms with van der Waals surface area (Å²) in [5.41, 5.74) is 1.28. The summed E-state index contributed by atoms with van der Waals surface area (Å²) < 4.78 is 40.9. The lowest BCUT2D eigenvalue weighted by Crippen LogP contribution is -2.18. The number of aliphatic hydroxyl groups is 1. The van der Waals surface area contributed by atoms with Crippen LogP contribution in [0, 0.1) is 0 Å². The van der Waals surface area contributed by atoms with Gasteiger partial charge in [0.05, 0.1) is 6.10 Å². The summed E-state index contributed by atoms with van der Waals surface area (Å²) in [6.07, 6.45) is 0.783. The molecule has 1 atom stereocenters. The van der Waals surface area contributed by atoms with E-state index in [0.717, 1.165) is 31.3 Å². The van der Waals surface area contributed by atoms with Crippen molar-refractivity contribution in [3.05, 3.63) is 41.5 Å². The molecule has 1 aromatic rings. The predicted molar refractivity (Wildman–Crippen MR) is 69.3 cm³/mol. The van der Waals surface area contributed by atoms with Crippen LogP contribution >= 0.6 is 0 Å². The smallest absolute Gasteiger partial charge is 0.405 e. The van der Waals surface area contributed by atoms with Crippen LogP contribution in [0.2, 0.25) is 0 Å². The molecule has 5 heteroatoms. The van der Waals surface area contributed by atoms with Crippen molar-refractivity contribution < 1.29 is 23.0 Å². The molecule has 0 saturated carbocycles. The van der Waals surface area contributed by atoms with Crippen LogP contribution in [0.4, 0.5) is 13.2 Å². The Morgan fingerprint density at radius 2 is 1.95 bits per heavy atom. The highest BCUT2D eigenvalue weighted by Gasteiger charge is 2.32. The molecule has 0 aromatic heterocycles. The number of aliphatic hydroxyl groups excluding tert-OH is 1. The molecule has 0 radical (unpaired) electrons. The van der Waals surface area contributed by atoms with Crippen molar-refractivity contribution in [2.45, 2.75) is 44.6 Å². The van der Waals surface area contributed by atoms with Crippen LogP contribution in [0.5, 0.6) is 5.75 Å². The highest BCUT2D eigenvalue weighted by molar-refractivity contribution is 5.36. The number of benzene rings is 1. The summed E-state index contributed by atoms with van der Waals surface area (Å²) in [5.74, 6) is -0.330. The number of hydrogen-bond donors (Lipinski definition) is 1. The molecule has 2 nitrogen and oxygen atoms in total. The van der Waals surface area contributed by atoms with Crippen molar-refractivity contribution in [1.82, 2.24) is 0 Å². The Labute approximate surface area is 115 Å². The molecule has 0 heterocycles. The zero-order valence-corrected chi connectivity index (χ0v) is 11.0. The van der Waals surface area contributed by atoms with E-state index in [1.165, 1.54) is 18.2 Å². The number of ether oxygens (including phenoxy) is 1.